The van der Waals surface area contributed by atoms with Gasteiger partial charge in [0.05, 0.1) is 13.2 Å². The van der Waals surface area contributed by atoms with E-state index in [1.807, 2.05) is 30.3 Å². The number of amides is 2. The number of piperidine rings is 1. The van der Waals surface area contributed by atoms with Crippen LogP contribution in [0.25, 0.3) is 0 Å². The fraction of sp³-hybridized carbons (Fsp3) is 0.391. The van der Waals surface area contributed by atoms with E-state index in [0.29, 0.717) is 36.0 Å². The van der Waals surface area contributed by atoms with Crippen LogP contribution in [-0.4, -0.2) is 43.5 Å². The number of nitrogens with zero attached hydrogens (tertiary/aromatic N) is 1. The van der Waals surface area contributed by atoms with Gasteiger partial charge in [0.25, 0.3) is 5.91 Å². The summed E-state index contributed by atoms with van der Waals surface area (Å²) in [7, 11) is 1.62. The van der Waals surface area contributed by atoms with Gasteiger partial charge in [-0.15, -0.1) is 0 Å². The van der Waals surface area contributed by atoms with Gasteiger partial charge in [-0.05, 0) is 48.7 Å². The van der Waals surface area contributed by atoms with E-state index in [4.69, 9.17) is 26.8 Å². The van der Waals surface area contributed by atoms with Gasteiger partial charge in [-0.2, -0.15) is 0 Å². The minimum Gasteiger partial charge on any atom is -0.493 e. The number of benzene rings is 2. The predicted molar refractivity (Wildman–Crippen MR) is 115 cm³/mol. The van der Waals surface area contributed by atoms with Gasteiger partial charge in [-0.25, -0.2) is 0 Å². The van der Waals surface area contributed by atoms with Gasteiger partial charge >= 0.3 is 0 Å². The molecule has 1 fully saturated rings. The third-order valence-electron chi connectivity index (χ3n) is 5.32. The zero-order chi connectivity index (χ0) is 21.6. The van der Waals surface area contributed by atoms with Crippen molar-refractivity contribution in [2.24, 2.45) is 11.1 Å². The third kappa shape index (κ3) is 5.74. The predicted octanol–water partition coefficient (Wildman–Crippen LogP) is 3.66. The molecule has 0 bridgehead atoms. The van der Waals surface area contributed by atoms with Crippen molar-refractivity contribution in [1.82, 2.24) is 4.90 Å². The number of hydrogen-bond donors (Lipinski definition) is 1. The number of ether oxygens (including phenoxy) is 2. The van der Waals surface area contributed by atoms with Crippen molar-refractivity contribution in [1.29, 1.82) is 0 Å². The highest BCUT2D eigenvalue weighted by Gasteiger charge is 2.39. The van der Waals surface area contributed by atoms with Crippen LogP contribution in [0.5, 0.6) is 5.75 Å². The Balaban J connectivity index is 1.76. The van der Waals surface area contributed by atoms with Crippen molar-refractivity contribution in [3.05, 3.63) is 64.7 Å². The Kier molecular flexibility index (Phi) is 7.34. The number of halogens is 1. The monoisotopic (exact) mass is 430 g/mol. The molecule has 2 aromatic carbocycles. The number of hydrogen-bond acceptors (Lipinski definition) is 4. The molecule has 1 aliphatic heterocycles. The molecule has 2 N–H and O–H groups in total. The molecule has 1 aliphatic rings. The first-order valence-electron chi connectivity index (χ1n) is 9.95. The van der Waals surface area contributed by atoms with Gasteiger partial charge in [0, 0.05) is 42.6 Å². The molecular weight excluding hydrogens is 404 g/mol. The lowest BCUT2D eigenvalue weighted by molar-refractivity contribution is -0.122. The Bertz CT molecular complexity index is 904. The number of methoxy groups -OCH3 is 1. The van der Waals surface area contributed by atoms with Crippen LogP contribution in [0.4, 0.5) is 0 Å². The van der Waals surface area contributed by atoms with Gasteiger partial charge < -0.3 is 20.1 Å². The van der Waals surface area contributed by atoms with E-state index in [2.05, 4.69) is 0 Å². The Hall–Kier alpha value is -2.57. The first-order chi connectivity index (χ1) is 14.4. The molecule has 2 amide bonds. The van der Waals surface area contributed by atoms with Gasteiger partial charge in [-0.1, -0.05) is 29.8 Å². The second kappa shape index (κ2) is 9.96. The van der Waals surface area contributed by atoms with Crippen LogP contribution in [0.2, 0.25) is 5.02 Å². The molecule has 0 saturated carbocycles. The second-order valence-electron chi connectivity index (χ2n) is 7.85. The lowest BCUT2D eigenvalue weighted by Crippen LogP contribution is -2.50. The van der Waals surface area contributed by atoms with Crippen molar-refractivity contribution in [3.8, 4) is 5.75 Å². The van der Waals surface area contributed by atoms with Crippen molar-refractivity contribution in [2.45, 2.75) is 25.9 Å². The minimum absolute atomic E-state index is 0.0655. The first kappa shape index (κ1) is 22.1. The molecule has 0 aliphatic carbocycles. The van der Waals surface area contributed by atoms with Gasteiger partial charge in [-0.3, -0.25) is 9.59 Å². The summed E-state index contributed by atoms with van der Waals surface area (Å²) in [5, 5.41) is 0.577. The maximum atomic E-state index is 13.2. The molecule has 2 aromatic rings. The zero-order valence-electron chi connectivity index (χ0n) is 17.1. The van der Waals surface area contributed by atoms with Crippen LogP contribution in [0.15, 0.2) is 48.5 Å². The normalized spacial score (nSPS) is 18.8. The van der Waals surface area contributed by atoms with Crippen LogP contribution < -0.4 is 10.5 Å². The number of likely N-dealkylation sites (tertiary alicyclic amines) is 1. The number of primary amides is 1. The SMILES string of the molecule is COCc1cccc(C(=O)N2CCCC(COc3cccc(Cl)c3)(CC(N)=O)C2)c1. The van der Waals surface area contributed by atoms with E-state index < -0.39 is 11.3 Å². The van der Waals surface area contributed by atoms with Crippen molar-refractivity contribution < 1.29 is 19.1 Å². The molecular formula is C23H27ClN2O4. The highest BCUT2D eigenvalue weighted by molar-refractivity contribution is 6.30. The fourth-order valence-corrected chi connectivity index (χ4v) is 4.18. The summed E-state index contributed by atoms with van der Waals surface area (Å²) in [6.07, 6.45) is 1.68. The molecule has 3 rings (SSSR count). The standard InChI is InChI=1S/C23H27ClN2O4/c1-29-14-17-5-2-6-18(11-17)22(28)26-10-4-9-23(15-26,13-21(25)27)16-30-20-8-3-7-19(24)12-20/h2-3,5-8,11-12H,4,9-10,13-16H2,1H3,(H2,25,27). The highest BCUT2D eigenvalue weighted by Crippen LogP contribution is 2.35. The summed E-state index contributed by atoms with van der Waals surface area (Å²) in [5.41, 5.74) is 6.56. The van der Waals surface area contributed by atoms with E-state index in [0.717, 1.165) is 18.4 Å². The largest absolute Gasteiger partial charge is 0.493 e. The first-order valence-corrected chi connectivity index (χ1v) is 10.3. The topological polar surface area (TPSA) is 81.9 Å². The van der Waals surface area contributed by atoms with E-state index in [9.17, 15) is 9.59 Å². The molecule has 1 saturated heterocycles. The summed E-state index contributed by atoms with van der Waals surface area (Å²) >= 11 is 6.04. The van der Waals surface area contributed by atoms with Crippen LogP contribution >= 0.6 is 11.6 Å². The van der Waals surface area contributed by atoms with Crippen LogP contribution in [-0.2, 0) is 16.1 Å². The molecule has 6 nitrogen and oxygen atoms in total. The number of nitrogens with two attached hydrogens (primary N) is 1. The number of carbonyl (C=O) groups is 2. The molecule has 160 valence electrons. The maximum absolute atomic E-state index is 13.2. The van der Waals surface area contributed by atoms with Crippen molar-refractivity contribution in [3.63, 3.8) is 0 Å². The van der Waals surface area contributed by atoms with Crippen molar-refractivity contribution >= 4 is 23.4 Å². The Morgan fingerprint density at radius 2 is 2.00 bits per heavy atom. The Morgan fingerprint density at radius 1 is 1.20 bits per heavy atom. The van der Waals surface area contributed by atoms with Gasteiger partial charge in [0.2, 0.25) is 5.91 Å². The Labute approximate surface area is 181 Å². The molecule has 7 heteroatoms. The molecule has 0 radical (unpaired) electrons. The lowest BCUT2D eigenvalue weighted by Gasteiger charge is -2.42. The third-order valence-corrected chi connectivity index (χ3v) is 5.56. The van der Waals surface area contributed by atoms with E-state index in [1.165, 1.54) is 0 Å². The van der Waals surface area contributed by atoms with Crippen LogP contribution in [0.3, 0.4) is 0 Å². The maximum Gasteiger partial charge on any atom is 0.253 e. The molecule has 1 heterocycles. The van der Waals surface area contributed by atoms with Gasteiger partial charge in [0.1, 0.15) is 5.75 Å². The zero-order valence-corrected chi connectivity index (χ0v) is 17.9. The average molecular weight is 431 g/mol. The molecule has 1 unspecified atom stereocenters. The Morgan fingerprint density at radius 3 is 2.73 bits per heavy atom. The quantitative estimate of drug-likeness (QED) is 0.692. The van der Waals surface area contributed by atoms with Crippen LogP contribution in [0, 0.1) is 5.41 Å². The van der Waals surface area contributed by atoms with Crippen LogP contribution in [0.1, 0.15) is 35.2 Å². The van der Waals surface area contributed by atoms with Gasteiger partial charge in [0.15, 0.2) is 0 Å². The molecule has 0 aromatic heterocycles. The summed E-state index contributed by atoms with van der Waals surface area (Å²) in [6, 6.07) is 14.5. The fourth-order valence-electron chi connectivity index (χ4n) is 4.00. The number of rotatable bonds is 8. The summed E-state index contributed by atoms with van der Waals surface area (Å²) in [4.78, 5) is 26.8. The smallest absolute Gasteiger partial charge is 0.253 e. The van der Waals surface area contributed by atoms with Crippen molar-refractivity contribution in [2.75, 3.05) is 26.8 Å². The van der Waals surface area contributed by atoms with E-state index in [-0.39, 0.29) is 18.9 Å². The second-order valence-corrected chi connectivity index (χ2v) is 8.29. The molecule has 30 heavy (non-hydrogen) atoms. The minimum atomic E-state index is -0.536. The average Bonchev–Trinajstić information content (AvgIpc) is 2.72. The summed E-state index contributed by atoms with van der Waals surface area (Å²) in [5.74, 6) is 0.160. The molecule has 1 atom stereocenters. The lowest BCUT2D eigenvalue weighted by atomic mass is 9.77. The number of carbonyl (C=O) groups excluding carboxylic acids is 2. The highest BCUT2D eigenvalue weighted by atomic mass is 35.5. The molecule has 0 spiro atoms. The van der Waals surface area contributed by atoms with E-state index >= 15 is 0 Å². The summed E-state index contributed by atoms with van der Waals surface area (Å²) < 4.78 is 11.1. The van der Waals surface area contributed by atoms with E-state index in [1.54, 1.807) is 30.2 Å². The summed E-state index contributed by atoms with van der Waals surface area (Å²) in [6.45, 7) is 1.76.